The molecule has 1 aliphatic rings. The van der Waals surface area contributed by atoms with Crippen LogP contribution in [0.2, 0.25) is 0 Å². The summed E-state index contributed by atoms with van der Waals surface area (Å²) >= 11 is 0. The van der Waals surface area contributed by atoms with Gasteiger partial charge in [-0.3, -0.25) is 9.98 Å². The normalized spacial score (nSPS) is 22.6. The van der Waals surface area contributed by atoms with Gasteiger partial charge in [0.1, 0.15) is 0 Å². The summed E-state index contributed by atoms with van der Waals surface area (Å²) in [5, 5.41) is 6.98. The molecule has 4 nitrogen and oxygen atoms in total. The van der Waals surface area contributed by atoms with Crippen molar-refractivity contribution in [2.45, 2.75) is 52.0 Å². The quantitative estimate of drug-likeness (QED) is 0.649. The average molecular weight is 302 g/mol. The van der Waals surface area contributed by atoms with Crippen LogP contribution >= 0.6 is 0 Å². The molecule has 0 aliphatic heterocycles. The van der Waals surface area contributed by atoms with Crippen LogP contribution in [0.4, 0.5) is 0 Å². The van der Waals surface area contributed by atoms with Gasteiger partial charge >= 0.3 is 0 Å². The van der Waals surface area contributed by atoms with Crippen molar-refractivity contribution in [2.75, 3.05) is 13.6 Å². The van der Waals surface area contributed by atoms with Crippen molar-refractivity contribution in [2.24, 2.45) is 16.8 Å². The van der Waals surface area contributed by atoms with E-state index in [0.717, 1.165) is 30.8 Å². The van der Waals surface area contributed by atoms with E-state index in [1.54, 1.807) is 0 Å². The Kier molecular flexibility index (Phi) is 6.69. The van der Waals surface area contributed by atoms with Crippen LogP contribution in [0.15, 0.2) is 29.5 Å². The molecule has 0 unspecified atom stereocenters. The van der Waals surface area contributed by atoms with Crippen molar-refractivity contribution in [3.63, 3.8) is 0 Å². The van der Waals surface area contributed by atoms with Crippen molar-refractivity contribution in [3.05, 3.63) is 30.1 Å². The van der Waals surface area contributed by atoms with Gasteiger partial charge in [0.25, 0.3) is 0 Å². The number of aliphatic imine (C=N–C) groups is 1. The summed E-state index contributed by atoms with van der Waals surface area (Å²) in [6.07, 6.45) is 9.88. The summed E-state index contributed by atoms with van der Waals surface area (Å²) in [6, 6.07) is 4.66. The number of hydrogen-bond acceptors (Lipinski definition) is 2. The molecule has 0 spiro atoms. The first-order chi connectivity index (χ1) is 10.7. The maximum absolute atomic E-state index is 4.35. The van der Waals surface area contributed by atoms with Gasteiger partial charge < -0.3 is 10.6 Å². The van der Waals surface area contributed by atoms with E-state index < -0.39 is 0 Å². The number of nitrogens with zero attached hydrogens (tertiary/aromatic N) is 2. The second-order valence-corrected chi connectivity index (χ2v) is 6.61. The highest BCUT2D eigenvalue weighted by Crippen LogP contribution is 2.29. The first kappa shape index (κ1) is 16.8. The van der Waals surface area contributed by atoms with Gasteiger partial charge in [0.15, 0.2) is 5.96 Å². The van der Waals surface area contributed by atoms with Crippen molar-refractivity contribution in [3.8, 4) is 0 Å². The predicted molar refractivity (Wildman–Crippen MR) is 93.0 cm³/mol. The third-order valence-corrected chi connectivity index (χ3v) is 4.71. The van der Waals surface area contributed by atoms with Gasteiger partial charge in [0.05, 0.1) is 0 Å². The van der Waals surface area contributed by atoms with Gasteiger partial charge in [0.2, 0.25) is 0 Å². The molecule has 0 amide bonds. The summed E-state index contributed by atoms with van der Waals surface area (Å²) in [4.78, 5) is 8.49. The van der Waals surface area contributed by atoms with E-state index in [4.69, 9.17) is 0 Å². The van der Waals surface area contributed by atoms with E-state index in [1.807, 2.05) is 25.5 Å². The molecule has 0 aromatic carbocycles. The lowest BCUT2D eigenvalue weighted by molar-refractivity contribution is 0.250. The number of aromatic nitrogens is 1. The van der Waals surface area contributed by atoms with Crippen LogP contribution in [0.1, 0.15) is 45.1 Å². The molecule has 1 aromatic heterocycles. The Hall–Kier alpha value is -1.58. The second-order valence-electron chi connectivity index (χ2n) is 6.61. The first-order valence-electron chi connectivity index (χ1n) is 8.55. The summed E-state index contributed by atoms with van der Waals surface area (Å²) in [6.45, 7) is 5.57. The molecule has 1 saturated carbocycles. The summed E-state index contributed by atoms with van der Waals surface area (Å²) in [7, 11) is 1.85. The molecule has 2 N–H and O–H groups in total. The van der Waals surface area contributed by atoms with Gasteiger partial charge in [0, 0.05) is 32.0 Å². The van der Waals surface area contributed by atoms with Crippen LogP contribution in [-0.4, -0.2) is 30.6 Å². The highest BCUT2D eigenvalue weighted by atomic mass is 15.2. The minimum absolute atomic E-state index is 0.569. The van der Waals surface area contributed by atoms with Crippen LogP contribution in [0, 0.1) is 11.8 Å². The molecule has 0 atom stereocenters. The molecule has 0 saturated heterocycles. The van der Waals surface area contributed by atoms with Gasteiger partial charge in [-0.2, -0.15) is 0 Å². The molecule has 0 radical (unpaired) electrons. The Bertz CT molecular complexity index is 447. The maximum atomic E-state index is 4.35. The third-order valence-electron chi connectivity index (χ3n) is 4.71. The van der Waals surface area contributed by atoms with Gasteiger partial charge in [-0.15, -0.1) is 0 Å². The molecular weight excluding hydrogens is 272 g/mol. The molecule has 1 aromatic rings. The fraction of sp³-hybridized carbons (Fsp3) is 0.667. The van der Waals surface area contributed by atoms with Gasteiger partial charge in [-0.1, -0.05) is 19.9 Å². The minimum atomic E-state index is 0.569. The fourth-order valence-electron chi connectivity index (χ4n) is 3.19. The zero-order valence-corrected chi connectivity index (χ0v) is 14.2. The largest absolute Gasteiger partial charge is 0.356 e. The standard InChI is InChI=1S/C18H30N4/c1-14(2)16-6-8-17(9-7-16)22-18(19-3)21-12-10-15-5-4-11-20-13-15/h4-5,11,13-14,16-17H,6-10,12H2,1-3H3,(H2,19,21,22). The number of guanidine groups is 1. The van der Waals surface area contributed by atoms with Gasteiger partial charge in [-0.25, -0.2) is 0 Å². The number of hydrogen-bond donors (Lipinski definition) is 2. The topological polar surface area (TPSA) is 49.3 Å². The van der Waals surface area contributed by atoms with E-state index in [-0.39, 0.29) is 0 Å². The smallest absolute Gasteiger partial charge is 0.191 e. The van der Waals surface area contributed by atoms with E-state index in [1.165, 1.54) is 31.2 Å². The summed E-state index contributed by atoms with van der Waals surface area (Å²) < 4.78 is 0. The molecule has 1 heterocycles. The summed E-state index contributed by atoms with van der Waals surface area (Å²) in [5.74, 6) is 2.65. The van der Waals surface area contributed by atoms with Crippen LogP contribution in [0.5, 0.6) is 0 Å². The van der Waals surface area contributed by atoms with E-state index >= 15 is 0 Å². The van der Waals surface area contributed by atoms with Crippen molar-refractivity contribution < 1.29 is 0 Å². The molecule has 1 aliphatic carbocycles. The van der Waals surface area contributed by atoms with Crippen LogP contribution < -0.4 is 10.6 Å². The zero-order chi connectivity index (χ0) is 15.8. The Morgan fingerprint density at radius 2 is 2.09 bits per heavy atom. The Labute approximate surface area is 134 Å². The molecule has 22 heavy (non-hydrogen) atoms. The van der Waals surface area contributed by atoms with Gasteiger partial charge in [-0.05, 0) is 55.6 Å². The monoisotopic (exact) mass is 302 g/mol. The number of pyridine rings is 1. The molecule has 1 fully saturated rings. The van der Waals surface area contributed by atoms with Crippen molar-refractivity contribution in [1.82, 2.24) is 15.6 Å². The maximum Gasteiger partial charge on any atom is 0.191 e. The third kappa shape index (κ3) is 5.32. The summed E-state index contributed by atoms with van der Waals surface area (Å²) in [5.41, 5.74) is 1.25. The lowest BCUT2D eigenvalue weighted by atomic mass is 9.80. The van der Waals surface area contributed by atoms with Crippen LogP contribution in [0.3, 0.4) is 0 Å². The predicted octanol–water partition coefficient (Wildman–Crippen LogP) is 3.00. The molecule has 122 valence electrons. The second kappa shape index (κ2) is 8.76. The molecule has 2 rings (SSSR count). The van der Waals surface area contributed by atoms with E-state index in [9.17, 15) is 0 Å². The lowest BCUT2D eigenvalue weighted by Gasteiger charge is -2.32. The van der Waals surface area contributed by atoms with Crippen molar-refractivity contribution in [1.29, 1.82) is 0 Å². The van der Waals surface area contributed by atoms with Crippen molar-refractivity contribution >= 4 is 5.96 Å². The van der Waals surface area contributed by atoms with Crippen LogP contribution in [-0.2, 0) is 6.42 Å². The highest BCUT2D eigenvalue weighted by Gasteiger charge is 2.23. The van der Waals surface area contributed by atoms with E-state index in [0.29, 0.717) is 6.04 Å². The zero-order valence-electron chi connectivity index (χ0n) is 14.2. The Balaban J connectivity index is 1.69. The SMILES string of the molecule is CN=C(NCCc1cccnc1)NC1CCC(C(C)C)CC1. The average Bonchev–Trinajstić information content (AvgIpc) is 2.55. The molecular formula is C18H30N4. The highest BCUT2D eigenvalue weighted by molar-refractivity contribution is 5.79. The molecule has 0 bridgehead atoms. The Morgan fingerprint density at radius 1 is 1.32 bits per heavy atom. The fourth-order valence-corrected chi connectivity index (χ4v) is 3.19. The number of rotatable bonds is 5. The minimum Gasteiger partial charge on any atom is -0.356 e. The first-order valence-corrected chi connectivity index (χ1v) is 8.55. The number of nitrogens with one attached hydrogen (secondary N) is 2. The van der Waals surface area contributed by atoms with E-state index in [2.05, 4.69) is 40.5 Å². The van der Waals surface area contributed by atoms with Crippen LogP contribution in [0.25, 0.3) is 0 Å². The molecule has 4 heteroatoms. The Morgan fingerprint density at radius 3 is 2.68 bits per heavy atom. The lowest BCUT2D eigenvalue weighted by Crippen LogP contribution is -2.45.